The second-order valence-electron chi connectivity index (χ2n) is 9.11. The normalized spacial score (nSPS) is 21.8. The van der Waals surface area contributed by atoms with Gasteiger partial charge in [0.2, 0.25) is 11.9 Å². The molecule has 34 heavy (non-hydrogen) atoms. The van der Waals surface area contributed by atoms with Crippen molar-refractivity contribution in [1.29, 1.82) is 0 Å². The third kappa shape index (κ3) is 4.66. The van der Waals surface area contributed by atoms with Crippen LogP contribution in [-0.2, 0) is 6.18 Å². The minimum absolute atomic E-state index is 0.0499. The first kappa shape index (κ1) is 22.8. The molecule has 7 nitrogen and oxygen atoms in total. The first-order valence-corrected chi connectivity index (χ1v) is 11.6. The monoisotopic (exact) mass is 478 g/mol. The van der Waals surface area contributed by atoms with Crippen LogP contribution in [0, 0.1) is 5.82 Å². The van der Waals surface area contributed by atoms with E-state index >= 15 is 0 Å². The predicted molar refractivity (Wildman–Crippen MR) is 119 cm³/mol. The number of aromatic nitrogens is 4. The Bertz CT molecular complexity index is 1170. The van der Waals surface area contributed by atoms with Crippen LogP contribution in [0.1, 0.15) is 63.0 Å². The topological polar surface area (TPSA) is 87.9 Å². The van der Waals surface area contributed by atoms with Gasteiger partial charge in [-0.3, -0.25) is 4.57 Å². The molecule has 1 aromatic carbocycles. The lowest BCUT2D eigenvalue weighted by molar-refractivity contribution is -0.137. The molecule has 2 fully saturated rings. The number of hydrogen-bond acceptors (Lipinski definition) is 6. The smallest absolute Gasteiger partial charge is 0.393 e. The molecule has 0 radical (unpaired) electrons. The Morgan fingerprint density at radius 3 is 2.44 bits per heavy atom. The van der Waals surface area contributed by atoms with Crippen LogP contribution >= 0.6 is 0 Å². The number of fused-ring (bicyclic) bond motifs is 1. The number of benzene rings is 1. The summed E-state index contributed by atoms with van der Waals surface area (Å²) in [6.07, 6.45) is 3.56. The molecule has 0 bridgehead atoms. The van der Waals surface area contributed by atoms with Crippen LogP contribution in [-0.4, -0.2) is 36.8 Å². The summed E-state index contributed by atoms with van der Waals surface area (Å²) in [7, 11) is 0. The maximum atomic E-state index is 14.4. The zero-order valence-electron chi connectivity index (χ0n) is 18.4. The molecule has 3 aromatic rings. The highest BCUT2D eigenvalue weighted by Gasteiger charge is 2.32. The third-order valence-electron chi connectivity index (χ3n) is 6.69. The standard InChI is InChI=1S/C23H26F4N6O/c24-17-10-5-13(23(25,26)27)11-18(17)30-22-31-19-12-28-21(29-14-6-8-16(34)9-7-14)32-20(19)33(22)15-3-1-2-4-15/h5,10-12,14-16,34H,1-4,6-9H2,(H,30,31)(H,28,29,32). The Balaban J connectivity index is 1.50. The van der Waals surface area contributed by atoms with Crippen LogP contribution in [0.5, 0.6) is 0 Å². The first-order chi connectivity index (χ1) is 16.3. The molecule has 5 rings (SSSR count). The Kier molecular flexibility index (Phi) is 6.05. The molecule has 0 atom stereocenters. The van der Waals surface area contributed by atoms with Crippen molar-refractivity contribution in [3.63, 3.8) is 0 Å². The molecular weight excluding hydrogens is 452 g/mol. The molecule has 0 spiro atoms. The third-order valence-corrected chi connectivity index (χ3v) is 6.69. The maximum Gasteiger partial charge on any atom is 0.416 e. The SMILES string of the molecule is OC1CCC(Nc2ncc3nc(Nc4cc(C(F)(F)F)ccc4F)n(C4CCCC4)c3n2)CC1. The summed E-state index contributed by atoms with van der Waals surface area (Å²) < 4.78 is 55.8. The average Bonchev–Trinajstić information content (AvgIpc) is 3.43. The Morgan fingerprint density at radius 2 is 1.74 bits per heavy atom. The van der Waals surface area contributed by atoms with E-state index < -0.39 is 17.6 Å². The fraction of sp³-hybridized carbons (Fsp3) is 0.522. The van der Waals surface area contributed by atoms with Crippen LogP contribution < -0.4 is 10.6 Å². The molecule has 2 heterocycles. The quantitative estimate of drug-likeness (QED) is 0.416. The van der Waals surface area contributed by atoms with E-state index in [0.717, 1.165) is 63.5 Å². The number of nitrogens with zero attached hydrogens (tertiary/aromatic N) is 4. The molecule has 2 aliphatic rings. The largest absolute Gasteiger partial charge is 0.416 e. The van der Waals surface area contributed by atoms with Gasteiger partial charge in [0.1, 0.15) is 11.3 Å². The summed E-state index contributed by atoms with van der Waals surface area (Å²) in [6.45, 7) is 0. The predicted octanol–water partition coefficient (Wildman–Crippen LogP) is 5.56. The molecule has 2 aliphatic carbocycles. The van der Waals surface area contributed by atoms with Crippen molar-refractivity contribution in [1.82, 2.24) is 19.5 Å². The Labute approximate surface area is 193 Å². The van der Waals surface area contributed by atoms with E-state index in [1.807, 2.05) is 4.57 Å². The minimum atomic E-state index is -4.59. The van der Waals surface area contributed by atoms with Gasteiger partial charge in [-0.15, -0.1) is 0 Å². The van der Waals surface area contributed by atoms with E-state index in [1.165, 1.54) is 0 Å². The first-order valence-electron chi connectivity index (χ1n) is 11.6. The van der Waals surface area contributed by atoms with Gasteiger partial charge in [0.05, 0.1) is 23.6 Å². The van der Waals surface area contributed by atoms with E-state index in [4.69, 9.17) is 0 Å². The van der Waals surface area contributed by atoms with Crippen molar-refractivity contribution < 1.29 is 22.7 Å². The van der Waals surface area contributed by atoms with Gasteiger partial charge in [0.15, 0.2) is 5.65 Å². The van der Waals surface area contributed by atoms with Gasteiger partial charge in [-0.2, -0.15) is 18.2 Å². The highest BCUT2D eigenvalue weighted by atomic mass is 19.4. The van der Waals surface area contributed by atoms with Gasteiger partial charge < -0.3 is 15.7 Å². The number of hydrogen-bond donors (Lipinski definition) is 3. The number of aliphatic hydroxyl groups excluding tert-OH is 1. The van der Waals surface area contributed by atoms with Crippen LogP contribution in [0.3, 0.4) is 0 Å². The molecule has 3 N–H and O–H groups in total. The van der Waals surface area contributed by atoms with Gasteiger partial charge in [-0.1, -0.05) is 12.8 Å². The lowest BCUT2D eigenvalue weighted by Gasteiger charge is -2.26. The van der Waals surface area contributed by atoms with Gasteiger partial charge in [0.25, 0.3) is 0 Å². The fourth-order valence-corrected chi connectivity index (χ4v) is 4.88. The van der Waals surface area contributed by atoms with Gasteiger partial charge in [-0.05, 0) is 56.7 Å². The number of aliphatic hydroxyl groups is 1. The van der Waals surface area contributed by atoms with Crippen LogP contribution in [0.4, 0.5) is 35.1 Å². The van der Waals surface area contributed by atoms with Crippen molar-refractivity contribution in [3.8, 4) is 0 Å². The van der Waals surface area contributed by atoms with Crippen LogP contribution in [0.15, 0.2) is 24.4 Å². The van der Waals surface area contributed by atoms with Crippen molar-refractivity contribution in [2.75, 3.05) is 10.6 Å². The van der Waals surface area contributed by atoms with Gasteiger partial charge >= 0.3 is 6.18 Å². The second kappa shape index (κ2) is 9.01. The molecule has 11 heteroatoms. The van der Waals surface area contributed by atoms with Crippen molar-refractivity contribution in [2.24, 2.45) is 0 Å². The van der Waals surface area contributed by atoms with E-state index in [9.17, 15) is 22.7 Å². The van der Waals surface area contributed by atoms with Gasteiger partial charge in [-0.25, -0.2) is 14.4 Å². The summed E-state index contributed by atoms with van der Waals surface area (Å²) in [5, 5.41) is 15.8. The number of halogens is 4. The number of nitrogens with one attached hydrogen (secondary N) is 2. The zero-order chi connectivity index (χ0) is 23.9. The highest BCUT2D eigenvalue weighted by Crippen LogP contribution is 2.37. The summed E-state index contributed by atoms with van der Waals surface area (Å²) in [6, 6.07) is 2.48. The number of rotatable bonds is 5. The lowest BCUT2D eigenvalue weighted by Crippen LogP contribution is -2.29. The Hall–Kier alpha value is -2.95. The van der Waals surface area contributed by atoms with E-state index in [1.54, 1.807) is 6.20 Å². The fourth-order valence-electron chi connectivity index (χ4n) is 4.88. The molecule has 0 unspecified atom stereocenters. The molecule has 2 aromatic heterocycles. The number of imidazole rings is 1. The van der Waals surface area contributed by atoms with E-state index in [-0.39, 0.29) is 29.8 Å². The van der Waals surface area contributed by atoms with E-state index in [0.29, 0.717) is 23.2 Å². The molecule has 0 amide bonds. The lowest BCUT2D eigenvalue weighted by atomic mass is 9.93. The van der Waals surface area contributed by atoms with Crippen molar-refractivity contribution >= 4 is 28.7 Å². The molecule has 2 saturated carbocycles. The summed E-state index contributed by atoms with van der Waals surface area (Å²) in [4.78, 5) is 13.5. The van der Waals surface area contributed by atoms with Crippen molar-refractivity contribution in [3.05, 3.63) is 35.8 Å². The van der Waals surface area contributed by atoms with Crippen LogP contribution in [0.2, 0.25) is 0 Å². The van der Waals surface area contributed by atoms with Crippen LogP contribution in [0.25, 0.3) is 11.2 Å². The number of anilines is 3. The summed E-state index contributed by atoms with van der Waals surface area (Å²) in [5.41, 5.74) is -0.207. The molecule has 0 saturated heterocycles. The number of alkyl halides is 3. The Morgan fingerprint density at radius 1 is 1.00 bits per heavy atom. The zero-order valence-corrected chi connectivity index (χ0v) is 18.4. The molecular formula is C23H26F4N6O. The summed E-state index contributed by atoms with van der Waals surface area (Å²) >= 11 is 0. The van der Waals surface area contributed by atoms with Gasteiger partial charge in [0, 0.05) is 12.1 Å². The molecule has 0 aliphatic heterocycles. The highest BCUT2D eigenvalue weighted by molar-refractivity contribution is 5.76. The second-order valence-corrected chi connectivity index (χ2v) is 9.11. The van der Waals surface area contributed by atoms with Crippen molar-refractivity contribution in [2.45, 2.75) is 75.7 Å². The maximum absolute atomic E-state index is 14.4. The average molecular weight is 478 g/mol. The summed E-state index contributed by atoms with van der Waals surface area (Å²) in [5.74, 6) is -0.122. The molecule has 182 valence electrons. The minimum Gasteiger partial charge on any atom is -0.393 e. The van der Waals surface area contributed by atoms with E-state index in [2.05, 4.69) is 25.6 Å².